The van der Waals surface area contributed by atoms with Crippen molar-refractivity contribution in [1.29, 1.82) is 0 Å². The number of hydrogen-bond donors (Lipinski definition) is 0. The molecule has 55 valence electrons. The first-order valence-corrected chi connectivity index (χ1v) is 4.38. The molecule has 2 saturated carbocycles. The molecule has 2 fully saturated rings. The second kappa shape index (κ2) is 2.41. The van der Waals surface area contributed by atoms with E-state index in [1.807, 2.05) is 0 Å². The Bertz CT molecular complexity index is 155. The highest BCUT2D eigenvalue weighted by molar-refractivity contribution is 5.19. The molecule has 0 saturated heterocycles. The monoisotopic (exact) mass is 135 g/mol. The molecular weight excluding hydrogens is 120 g/mol. The molecular formula is C10H15. The van der Waals surface area contributed by atoms with Crippen LogP contribution in [0.15, 0.2) is 11.6 Å². The summed E-state index contributed by atoms with van der Waals surface area (Å²) >= 11 is 0. The van der Waals surface area contributed by atoms with E-state index in [9.17, 15) is 0 Å². The Kier molecular flexibility index (Phi) is 1.55. The summed E-state index contributed by atoms with van der Waals surface area (Å²) < 4.78 is 0. The predicted octanol–water partition coefficient (Wildman–Crippen LogP) is 2.96. The van der Waals surface area contributed by atoms with Gasteiger partial charge in [-0.2, -0.15) is 0 Å². The summed E-state index contributed by atoms with van der Waals surface area (Å²) in [5, 5.41) is 0. The van der Waals surface area contributed by atoms with Gasteiger partial charge in [0.05, 0.1) is 0 Å². The van der Waals surface area contributed by atoms with Crippen molar-refractivity contribution in [1.82, 2.24) is 0 Å². The molecule has 2 unspecified atom stereocenters. The van der Waals surface area contributed by atoms with Crippen LogP contribution in [0.5, 0.6) is 0 Å². The van der Waals surface area contributed by atoms with Crippen molar-refractivity contribution < 1.29 is 0 Å². The van der Waals surface area contributed by atoms with Gasteiger partial charge in [0.15, 0.2) is 0 Å². The van der Waals surface area contributed by atoms with Crippen LogP contribution in [-0.4, -0.2) is 0 Å². The minimum absolute atomic E-state index is 0.987. The summed E-state index contributed by atoms with van der Waals surface area (Å²) in [6.45, 7) is 2.12. The van der Waals surface area contributed by atoms with Gasteiger partial charge in [0.1, 0.15) is 0 Å². The van der Waals surface area contributed by atoms with Crippen molar-refractivity contribution in [3.05, 3.63) is 18.1 Å². The summed E-state index contributed by atoms with van der Waals surface area (Å²) in [5.74, 6) is 2.05. The highest BCUT2D eigenvalue weighted by Crippen LogP contribution is 2.47. The minimum atomic E-state index is 0.987. The van der Waals surface area contributed by atoms with Crippen LogP contribution in [0.1, 0.15) is 32.6 Å². The Labute approximate surface area is 63.3 Å². The predicted molar refractivity (Wildman–Crippen MR) is 43.5 cm³/mol. The molecule has 0 heterocycles. The van der Waals surface area contributed by atoms with E-state index in [0.29, 0.717) is 0 Å². The van der Waals surface area contributed by atoms with Gasteiger partial charge in [-0.1, -0.05) is 18.6 Å². The maximum Gasteiger partial charge on any atom is -0.0199 e. The molecule has 0 aromatic rings. The standard InChI is InChI=1S/C10H15/c1-2-3-9-6-8-4-5-10(9)7-8/h2-3,8,10H,4-7H2,1H3. The van der Waals surface area contributed by atoms with Crippen molar-refractivity contribution in [2.45, 2.75) is 32.6 Å². The van der Waals surface area contributed by atoms with Crippen LogP contribution in [0.25, 0.3) is 0 Å². The topological polar surface area (TPSA) is 0 Å². The third-order valence-corrected chi connectivity index (χ3v) is 2.97. The minimum Gasteiger partial charge on any atom is -0.0816 e. The lowest BCUT2D eigenvalue weighted by Crippen LogP contribution is -1.97. The van der Waals surface area contributed by atoms with Crippen LogP contribution in [0.2, 0.25) is 0 Å². The molecule has 0 amide bonds. The summed E-state index contributed by atoms with van der Waals surface area (Å²) in [6.07, 6.45) is 10.4. The SMILES string of the molecule is C[CH]C=C1CC2CCC1C2. The van der Waals surface area contributed by atoms with E-state index < -0.39 is 0 Å². The number of allylic oxidation sites excluding steroid dienone is 2. The van der Waals surface area contributed by atoms with Crippen LogP contribution < -0.4 is 0 Å². The van der Waals surface area contributed by atoms with Gasteiger partial charge in [0.25, 0.3) is 0 Å². The molecule has 0 aromatic heterocycles. The average Bonchev–Trinajstić information content (AvgIpc) is 2.48. The van der Waals surface area contributed by atoms with Gasteiger partial charge >= 0.3 is 0 Å². The van der Waals surface area contributed by atoms with Gasteiger partial charge in [-0.3, -0.25) is 0 Å². The maximum atomic E-state index is 2.34. The normalized spacial score (nSPS) is 41.5. The Balaban J connectivity index is 2.08. The largest absolute Gasteiger partial charge is 0.0816 e. The first-order chi connectivity index (χ1) is 4.90. The molecule has 2 atom stereocenters. The number of rotatable bonds is 1. The van der Waals surface area contributed by atoms with Crippen LogP contribution >= 0.6 is 0 Å². The van der Waals surface area contributed by atoms with Crippen molar-refractivity contribution in [3.8, 4) is 0 Å². The van der Waals surface area contributed by atoms with Crippen molar-refractivity contribution >= 4 is 0 Å². The maximum absolute atomic E-state index is 2.34. The van der Waals surface area contributed by atoms with E-state index in [4.69, 9.17) is 0 Å². The zero-order valence-corrected chi connectivity index (χ0v) is 6.64. The second-order valence-corrected chi connectivity index (χ2v) is 3.66. The smallest absolute Gasteiger partial charge is 0.0199 e. The molecule has 0 nitrogen and oxygen atoms in total. The Hall–Kier alpha value is -0.260. The van der Waals surface area contributed by atoms with Crippen LogP contribution in [0.3, 0.4) is 0 Å². The fraction of sp³-hybridized carbons (Fsp3) is 0.700. The van der Waals surface area contributed by atoms with E-state index in [1.54, 1.807) is 5.57 Å². The van der Waals surface area contributed by atoms with E-state index in [1.165, 1.54) is 25.7 Å². The highest BCUT2D eigenvalue weighted by Gasteiger charge is 2.34. The zero-order valence-electron chi connectivity index (χ0n) is 6.64. The Morgan fingerprint density at radius 3 is 2.80 bits per heavy atom. The van der Waals surface area contributed by atoms with Crippen LogP contribution in [-0.2, 0) is 0 Å². The molecule has 1 radical (unpaired) electrons. The lowest BCUT2D eigenvalue weighted by molar-refractivity contribution is 0.560. The van der Waals surface area contributed by atoms with Crippen LogP contribution in [0.4, 0.5) is 0 Å². The molecule has 0 aromatic carbocycles. The summed E-state index contributed by atoms with van der Waals surface area (Å²) in [6, 6.07) is 0. The van der Waals surface area contributed by atoms with E-state index in [0.717, 1.165) is 11.8 Å². The molecule has 0 heteroatoms. The molecule has 0 spiro atoms. The van der Waals surface area contributed by atoms with Crippen molar-refractivity contribution in [2.75, 3.05) is 0 Å². The molecule has 10 heavy (non-hydrogen) atoms. The fourth-order valence-electron chi connectivity index (χ4n) is 2.52. The van der Waals surface area contributed by atoms with E-state index in [-0.39, 0.29) is 0 Å². The highest BCUT2D eigenvalue weighted by atomic mass is 14.4. The van der Waals surface area contributed by atoms with Gasteiger partial charge in [-0.15, -0.1) is 0 Å². The molecule has 2 aliphatic rings. The van der Waals surface area contributed by atoms with E-state index in [2.05, 4.69) is 19.4 Å². The van der Waals surface area contributed by atoms with Gasteiger partial charge in [-0.25, -0.2) is 0 Å². The third kappa shape index (κ3) is 0.902. The molecule has 2 aliphatic carbocycles. The molecule has 0 N–H and O–H groups in total. The molecule has 2 rings (SSSR count). The van der Waals surface area contributed by atoms with E-state index >= 15 is 0 Å². The number of hydrogen-bond acceptors (Lipinski definition) is 0. The zero-order chi connectivity index (χ0) is 6.97. The number of fused-ring (bicyclic) bond motifs is 2. The Morgan fingerprint density at radius 2 is 2.30 bits per heavy atom. The van der Waals surface area contributed by atoms with Crippen LogP contribution in [0, 0.1) is 18.3 Å². The fourth-order valence-corrected chi connectivity index (χ4v) is 2.52. The third-order valence-electron chi connectivity index (χ3n) is 2.97. The van der Waals surface area contributed by atoms with Gasteiger partial charge in [0, 0.05) is 0 Å². The summed E-state index contributed by atoms with van der Waals surface area (Å²) in [7, 11) is 0. The first-order valence-electron chi connectivity index (χ1n) is 4.38. The summed E-state index contributed by atoms with van der Waals surface area (Å²) in [5.41, 5.74) is 1.73. The van der Waals surface area contributed by atoms with Gasteiger partial charge < -0.3 is 0 Å². The lowest BCUT2D eigenvalue weighted by Gasteiger charge is -2.12. The van der Waals surface area contributed by atoms with Gasteiger partial charge in [-0.05, 0) is 43.9 Å². The molecule has 2 bridgehead atoms. The van der Waals surface area contributed by atoms with Gasteiger partial charge in [0.2, 0.25) is 0 Å². The van der Waals surface area contributed by atoms with Crippen molar-refractivity contribution in [3.63, 3.8) is 0 Å². The van der Waals surface area contributed by atoms with Crippen molar-refractivity contribution in [2.24, 2.45) is 11.8 Å². The second-order valence-electron chi connectivity index (χ2n) is 3.66. The Morgan fingerprint density at radius 1 is 1.40 bits per heavy atom. The summed E-state index contributed by atoms with van der Waals surface area (Å²) in [4.78, 5) is 0. The quantitative estimate of drug-likeness (QED) is 0.518. The average molecular weight is 135 g/mol. The lowest BCUT2D eigenvalue weighted by atomic mass is 9.94. The first kappa shape index (κ1) is 6.45. The molecule has 0 aliphatic heterocycles.